The van der Waals surface area contributed by atoms with E-state index < -0.39 is 0 Å². The molecule has 0 heterocycles. The van der Waals surface area contributed by atoms with Crippen LogP contribution in [0.4, 0.5) is 0 Å². The lowest BCUT2D eigenvalue weighted by Gasteiger charge is -2.13. The van der Waals surface area contributed by atoms with Gasteiger partial charge in [-0.25, -0.2) is 0 Å². The molecule has 14 heavy (non-hydrogen) atoms. The van der Waals surface area contributed by atoms with Gasteiger partial charge in [-0.15, -0.1) is 0 Å². The predicted octanol–water partition coefficient (Wildman–Crippen LogP) is 2.39. The summed E-state index contributed by atoms with van der Waals surface area (Å²) in [5.41, 5.74) is 0. The van der Waals surface area contributed by atoms with Gasteiger partial charge in [0.15, 0.2) is 11.5 Å². The molecule has 0 unspecified atom stereocenters. The zero-order chi connectivity index (χ0) is 11.0. The zero-order valence-corrected chi connectivity index (χ0v) is 8.71. The van der Waals surface area contributed by atoms with Crippen molar-refractivity contribution >= 4 is 0 Å². The van der Waals surface area contributed by atoms with Crippen LogP contribution in [-0.2, 0) is 14.2 Å². The molecule has 0 bridgehead atoms. The van der Waals surface area contributed by atoms with Gasteiger partial charge in [0.05, 0.1) is 14.2 Å². The van der Waals surface area contributed by atoms with E-state index in [0.29, 0.717) is 23.9 Å². The molecule has 0 rings (SSSR count). The van der Waals surface area contributed by atoms with Gasteiger partial charge in [-0.2, -0.15) is 0 Å². The Morgan fingerprint density at radius 3 is 2.21 bits per heavy atom. The van der Waals surface area contributed by atoms with Gasteiger partial charge in [0.1, 0.15) is 6.61 Å². The second kappa shape index (κ2) is 6.83. The molecular formula is C11H16O3. The molecular weight excluding hydrogens is 180 g/mol. The molecule has 0 spiro atoms. The maximum atomic E-state index is 5.33. The highest BCUT2D eigenvalue weighted by Gasteiger charge is 2.10. The number of hydrogen-bond donors (Lipinski definition) is 0. The van der Waals surface area contributed by atoms with Crippen LogP contribution in [0.2, 0.25) is 0 Å². The third-order valence-corrected chi connectivity index (χ3v) is 1.47. The molecule has 0 aliphatic heterocycles. The van der Waals surface area contributed by atoms with Crippen LogP contribution in [0.25, 0.3) is 0 Å². The molecule has 0 saturated heterocycles. The van der Waals surface area contributed by atoms with Crippen LogP contribution in [0.5, 0.6) is 0 Å². The van der Waals surface area contributed by atoms with E-state index in [9.17, 15) is 0 Å². The molecule has 0 aliphatic carbocycles. The van der Waals surface area contributed by atoms with Crippen molar-refractivity contribution in [3.05, 3.63) is 49.2 Å². The predicted molar refractivity (Wildman–Crippen MR) is 56.5 cm³/mol. The molecule has 3 nitrogen and oxygen atoms in total. The quantitative estimate of drug-likeness (QED) is 0.355. The first-order chi connectivity index (χ1) is 6.71. The van der Waals surface area contributed by atoms with E-state index >= 15 is 0 Å². The minimum atomic E-state index is 0.360. The second-order valence-corrected chi connectivity index (χ2v) is 2.33. The summed E-state index contributed by atoms with van der Waals surface area (Å²) >= 11 is 0. The Bertz CT molecular complexity index is 251. The average molecular weight is 196 g/mol. The largest absolute Gasteiger partial charge is 0.493 e. The Morgan fingerprint density at radius 2 is 1.86 bits per heavy atom. The van der Waals surface area contributed by atoms with E-state index in [2.05, 4.69) is 19.7 Å². The number of rotatable bonds is 7. The Kier molecular flexibility index (Phi) is 6.03. The van der Waals surface area contributed by atoms with E-state index in [1.165, 1.54) is 20.3 Å². The molecule has 0 atom stereocenters. The summed E-state index contributed by atoms with van der Waals surface area (Å²) in [5.74, 6) is 1.31. The Morgan fingerprint density at radius 1 is 1.21 bits per heavy atom. The highest BCUT2D eigenvalue weighted by molar-refractivity contribution is 5.26. The summed E-state index contributed by atoms with van der Waals surface area (Å²) in [5, 5.41) is 0. The minimum Gasteiger partial charge on any atom is -0.493 e. The third-order valence-electron chi connectivity index (χ3n) is 1.47. The standard InChI is InChI=1S/C11H16O3/c1-6-8-14-11(9(3)12-4)10(7-2)13-5/h6-7H,1-3,8H2,4-5H3/b11-10-. The van der Waals surface area contributed by atoms with Crippen LogP contribution in [-0.4, -0.2) is 20.8 Å². The molecule has 0 aromatic carbocycles. The van der Waals surface area contributed by atoms with E-state index in [1.807, 2.05) is 0 Å². The second-order valence-electron chi connectivity index (χ2n) is 2.33. The van der Waals surface area contributed by atoms with Gasteiger partial charge < -0.3 is 14.2 Å². The van der Waals surface area contributed by atoms with Crippen molar-refractivity contribution in [3.8, 4) is 0 Å². The summed E-state index contributed by atoms with van der Waals surface area (Å²) in [6.45, 7) is 11.2. The SMILES string of the molecule is C=CCO/C(C(=C)OC)=C(/C=C)OC. The van der Waals surface area contributed by atoms with Crippen LogP contribution in [0, 0.1) is 0 Å². The van der Waals surface area contributed by atoms with Crippen molar-refractivity contribution in [1.29, 1.82) is 0 Å². The fraction of sp³-hybridized carbons (Fsp3) is 0.273. The van der Waals surface area contributed by atoms with Crippen LogP contribution in [0.1, 0.15) is 0 Å². The van der Waals surface area contributed by atoms with Gasteiger partial charge in [0.2, 0.25) is 5.76 Å². The summed E-state index contributed by atoms with van der Waals surface area (Å²) < 4.78 is 15.3. The number of allylic oxidation sites excluding steroid dienone is 1. The summed E-state index contributed by atoms with van der Waals surface area (Å²) in [4.78, 5) is 0. The van der Waals surface area contributed by atoms with Crippen LogP contribution < -0.4 is 0 Å². The lowest BCUT2D eigenvalue weighted by molar-refractivity contribution is 0.173. The molecule has 78 valence electrons. The first-order valence-electron chi connectivity index (χ1n) is 4.08. The molecule has 3 heteroatoms. The van der Waals surface area contributed by atoms with Crippen LogP contribution in [0.3, 0.4) is 0 Å². The van der Waals surface area contributed by atoms with Gasteiger partial charge in [-0.3, -0.25) is 0 Å². The molecule has 0 amide bonds. The molecule has 0 fully saturated rings. The van der Waals surface area contributed by atoms with Gasteiger partial charge in [-0.05, 0) is 6.08 Å². The van der Waals surface area contributed by atoms with E-state index in [-0.39, 0.29) is 0 Å². The van der Waals surface area contributed by atoms with Crippen molar-refractivity contribution in [2.45, 2.75) is 0 Å². The Hall–Kier alpha value is -1.64. The van der Waals surface area contributed by atoms with Gasteiger partial charge in [0, 0.05) is 0 Å². The number of hydrogen-bond acceptors (Lipinski definition) is 3. The molecule has 0 N–H and O–H groups in total. The fourth-order valence-corrected chi connectivity index (χ4v) is 0.793. The summed E-state index contributed by atoms with van der Waals surface area (Å²) in [6, 6.07) is 0. The van der Waals surface area contributed by atoms with E-state index in [0.717, 1.165) is 0 Å². The maximum absolute atomic E-state index is 5.33. The highest BCUT2D eigenvalue weighted by atomic mass is 16.5. The molecule has 0 aliphatic rings. The highest BCUT2D eigenvalue weighted by Crippen LogP contribution is 2.16. The monoisotopic (exact) mass is 196 g/mol. The lowest BCUT2D eigenvalue weighted by Crippen LogP contribution is -2.02. The van der Waals surface area contributed by atoms with Crippen LogP contribution in [0.15, 0.2) is 49.2 Å². The smallest absolute Gasteiger partial charge is 0.203 e. The average Bonchev–Trinajstić information content (AvgIpc) is 2.23. The lowest BCUT2D eigenvalue weighted by atomic mass is 10.3. The van der Waals surface area contributed by atoms with Crippen LogP contribution >= 0.6 is 0 Å². The Balaban J connectivity index is 4.84. The minimum absolute atomic E-state index is 0.360. The van der Waals surface area contributed by atoms with Crippen molar-refractivity contribution in [2.24, 2.45) is 0 Å². The first-order valence-corrected chi connectivity index (χ1v) is 4.08. The van der Waals surface area contributed by atoms with Crippen molar-refractivity contribution < 1.29 is 14.2 Å². The third kappa shape index (κ3) is 3.39. The maximum Gasteiger partial charge on any atom is 0.203 e. The molecule has 0 aromatic rings. The zero-order valence-electron chi connectivity index (χ0n) is 8.71. The summed E-state index contributed by atoms with van der Waals surface area (Å²) in [7, 11) is 3.03. The normalized spacial score (nSPS) is 11.0. The van der Waals surface area contributed by atoms with Crippen molar-refractivity contribution in [2.75, 3.05) is 20.8 Å². The number of methoxy groups -OCH3 is 2. The molecule has 0 radical (unpaired) electrons. The van der Waals surface area contributed by atoms with Gasteiger partial charge in [0.25, 0.3) is 0 Å². The Labute approximate surface area is 85.0 Å². The topological polar surface area (TPSA) is 27.7 Å². The van der Waals surface area contributed by atoms with E-state index in [4.69, 9.17) is 14.2 Å². The fourth-order valence-electron chi connectivity index (χ4n) is 0.793. The first kappa shape index (κ1) is 12.4. The molecule has 0 saturated carbocycles. The van der Waals surface area contributed by atoms with Gasteiger partial charge in [-0.1, -0.05) is 25.8 Å². The van der Waals surface area contributed by atoms with Crippen molar-refractivity contribution in [1.82, 2.24) is 0 Å². The number of ether oxygens (including phenoxy) is 3. The summed E-state index contributed by atoms with van der Waals surface area (Å²) in [6.07, 6.45) is 3.15. The van der Waals surface area contributed by atoms with Gasteiger partial charge >= 0.3 is 0 Å². The molecule has 0 aromatic heterocycles. The van der Waals surface area contributed by atoms with Crippen molar-refractivity contribution in [3.63, 3.8) is 0 Å². The van der Waals surface area contributed by atoms with E-state index in [1.54, 1.807) is 6.08 Å².